The van der Waals surface area contributed by atoms with Crippen molar-refractivity contribution in [1.82, 2.24) is 4.72 Å². The van der Waals surface area contributed by atoms with Gasteiger partial charge in [-0.15, -0.1) is 0 Å². The molecule has 0 radical (unpaired) electrons. The lowest BCUT2D eigenvalue weighted by atomic mass is 10.2. The summed E-state index contributed by atoms with van der Waals surface area (Å²) in [5, 5.41) is 0. The van der Waals surface area contributed by atoms with E-state index in [9.17, 15) is 17.2 Å². The molecule has 0 spiro atoms. The quantitative estimate of drug-likeness (QED) is 0.846. The highest BCUT2D eigenvalue weighted by Crippen LogP contribution is 2.17. The fraction of sp³-hybridized carbons (Fsp3) is 0.286. The van der Waals surface area contributed by atoms with Crippen LogP contribution in [-0.2, 0) is 20.5 Å². The summed E-state index contributed by atoms with van der Waals surface area (Å²) in [5.74, 6) is -1.70. The van der Waals surface area contributed by atoms with Gasteiger partial charge in [0.2, 0.25) is 10.0 Å². The molecule has 0 fully saturated rings. The maximum Gasteiger partial charge on any atom is 0.215 e. The molecule has 0 aliphatic heterocycles. The molecule has 0 bridgehead atoms. The molecule has 8 heteroatoms. The van der Waals surface area contributed by atoms with Crippen molar-refractivity contribution in [2.45, 2.75) is 11.9 Å². The van der Waals surface area contributed by atoms with E-state index in [2.05, 4.69) is 4.72 Å². The smallest absolute Gasteiger partial charge is 0.215 e. The van der Waals surface area contributed by atoms with Crippen molar-refractivity contribution in [3.8, 4) is 0 Å². The largest absolute Gasteiger partial charge is 0.467 e. The number of hydrogen-bond donors (Lipinski definition) is 1. The average Bonchev–Trinajstić information content (AvgIpc) is 2.91. The van der Waals surface area contributed by atoms with E-state index in [-0.39, 0.29) is 12.1 Å². The van der Waals surface area contributed by atoms with E-state index in [1.807, 2.05) is 0 Å². The van der Waals surface area contributed by atoms with E-state index < -0.39 is 33.5 Å². The molecule has 5 nitrogen and oxygen atoms in total. The third kappa shape index (κ3) is 4.62. The number of benzene rings is 1. The van der Waals surface area contributed by atoms with Gasteiger partial charge in [0.1, 0.15) is 23.5 Å². The molecule has 0 saturated carbocycles. The molecule has 1 atom stereocenters. The summed E-state index contributed by atoms with van der Waals surface area (Å²) < 4.78 is 62.7. The normalized spacial score (nSPS) is 13.2. The minimum Gasteiger partial charge on any atom is -0.467 e. The molecule has 1 aromatic carbocycles. The number of furan rings is 1. The molecule has 1 heterocycles. The van der Waals surface area contributed by atoms with Crippen molar-refractivity contribution in [2.75, 3.05) is 13.7 Å². The Balaban J connectivity index is 2.01. The third-order valence-corrected chi connectivity index (χ3v) is 4.23. The second kappa shape index (κ2) is 6.99. The van der Waals surface area contributed by atoms with E-state index in [4.69, 9.17) is 9.15 Å². The van der Waals surface area contributed by atoms with Gasteiger partial charge >= 0.3 is 0 Å². The maximum absolute atomic E-state index is 13.1. The predicted octanol–water partition coefficient (Wildman–Crippen LogP) is 2.36. The summed E-state index contributed by atoms with van der Waals surface area (Å²) in [6, 6.07) is 5.95. The molecule has 2 rings (SSSR count). The topological polar surface area (TPSA) is 68.5 Å². The first-order valence-electron chi connectivity index (χ1n) is 6.38. The molecule has 0 saturated heterocycles. The Hall–Kier alpha value is -1.77. The third-order valence-electron chi connectivity index (χ3n) is 2.91. The molecule has 0 aliphatic carbocycles. The molecule has 1 aromatic heterocycles. The highest BCUT2D eigenvalue weighted by molar-refractivity contribution is 7.88. The van der Waals surface area contributed by atoms with Gasteiger partial charge in [-0.1, -0.05) is 0 Å². The first-order valence-corrected chi connectivity index (χ1v) is 8.03. The van der Waals surface area contributed by atoms with Crippen LogP contribution in [0.25, 0.3) is 0 Å². The monoisotopic (exact) mass is 331 g/mol. The number of hydrogen-bond acceptors (Lipinski definition) is 4. The highest BCUT2D eigenvalue weighted by Gasteiger charge is 2.18. The Kier molecular flexibility index (Phi) is 5.28. The lowest BCUT2D eigenvalue weighted by Crippen LogP contribution is -2.30. The lowest BCUT2D eigenvalue weighted by Gasteiger charge is -2.14. The Morgan fingerprint density at radius 2 is 1.95 bits per heavy atom. The van der Waals surface area contributed by atoms with Crippen molar-refractivity contribution in [3.63, 3.8) is 0 Å². The van der Waals surface area contributed by atoms with Gasteiger partial charge in [0.25, 0.3) is 0 Å². The maximum atomic E-state index is 13.1. The number of ether oxygens (including phenoxy) is 1. The van der Waals surface area contributed by atoms with Crippen LogP contribution >= 0.6 is 0 Å². The van der Waals surface area contributed by atoms with Gasteiger partial charge in [-0.3, -0.25) is 0 Å². The average molecular weight is 331 g/mol. The summed E-state index contributed by atoms with van der Waals surface area (Å²) in [4.78, 5) is 0. The van der Waals surface area contributed by atoms with E-state index in [0.29, 0.717) is 11.8 Å². The van der Waals surface area contributed by atoms with Gasteiger partial charge in [0.05, 0.1) is 12.0 Å². The summed E-state index contributed by atoms with van der Waals surface area (Å²) in [5.41, 5.74) is 0.0250. The van der Waals surface area contributed by atoms with Crippen molar-refractivity contribution >= 4 is 10.0 Å². The summed E-state index contributed by atoms with van der Waals surface area (Å²) in [7, 11) is -2.35. The van der Waals surface area contributed by atoms with Crippen LogP contribution < -0.4 is 4.72 Å². The highest BCUT2D eigenvalue weighted by atomic mass is 32.2. The molecule has 22 heavy (non-hydrogen) atoms. The van der Waals surface area contributed by atoms with Crippen molar-refractivity contribution < 1.29 is 26.4 Å². The molecule has 0 amide bonds. The SMILES string of the molecule is CO[C@@H](CNS(=O)(=O)Cc1cc(F)cc(F)c1)c1ccco1. The Labute approximate surface area is 126 Å². The molecule has 1 N–H and O–H groups in total. The lowest BCUT2D eigenvalue weighted by molar-refractivity contribution is 0.0878. The van der Waals surface area contributed by atoms with Gasteiger partial charge < -0.3 is 9.15 Å². The van der Waals surface area contributed by atoms with Crippen molar-refractivity contribution in [3.05, 3.63) is 59.6 Å². The summed E-state index contributed by atoms with van der Waals surface area (Å²) in [6.07, 6.45) is 0.861. The van der Waals surface area contributed by atoms with Gasteiger partial charge in [0, 0.05) is 19.7 Å². The van der Waals surface area contributed by atoms with Crippen LogP contribution in [-0.4, -0.2) is 22.1 Å². The van der Waals surface area contributed by atoms with Crippen LogP contribution in [0.5, 0.6) is 0 Å². The number of halogens is 2. The van der Waals surface area contributed by atoms with Gasteiger partial charge in [-0.2, -0.15) is 0 Å². The second-order valence-corrected chi connectivity index (χ2v) is 6.43. The van der Waals surface area contributed by atoms with Crippen molar-refractivity contribution in [2.24, 2.45) is 0 Å². The van der Waals surface area contributed by atoms with Crippen LogP contribution in [0, 0.1) is 11.6 Å². The first kappa shape index (κ1) is 16.6. The minimum atomic E-state index is -3.77. The zero-order valence-corrected chi connectivity index (χ0v) is 12.6. The molecular formula is C14H15F2NO4S. The van der Waals surface area contributed by atoms with Crippen LogP contribution in [0.3, 0.4) is 0 Å². The Bertz CT molecular complexity index is 696. The molecule has 120 valence electrons. The summed E-state index contributed by atoms with van der Waals surface area (Å²) in [6.45, 7) is -0.0514. The Morgan fingerprint density at radius 3 is 2.50 bits per heavy atom. The van der Waals surface area contributed by atoms with Crippen LogP contribution in [0.2, 0.25) is 0 Å². The van der Waals surface area contributed by atoms with E-state index in [0.717, 1.165) is 12.1 Å². The fourth-order valence-electron chi connectivity index (χ4n) is 1.94. The molecular weight excluding hydrogens is 316 g/mol. The van der Waals surface area contributed by atoms with E-state index in [1.54, 1.807) is 12.1 Å². The van der Waals surface area contributed by atoms with Gasteiger partial charge in [-0.05, 0) is 29.8 Å². The Morgan fingerprint density at radius 1 is 1.27 bits per heavy atom. The first-order chi connectivity index (χ1) is 10.4. The van der Waals surface area contributed by atoms with Crippen molar-refractivity contribution in [1.29, 1.82) is 0 Å². The second-order valence-electron chi connectivity index (χ2n) is 4.63. The number of sulfonamides is 1. The number of rotatable bonds is 7. The number of nitrogens with one attached hydrogen (secondary N) is 1. The zero-order valence-electron chi connectivity index (χ0n) is 11.8. The van der Waals surface area contributed by atoms with Crippen LogP contribution in [0.15, 0.2) is 41.0 Å². The van der Waals surface area contributed by atoms with Crippen LogP contribution in [0.4, 0.5) is 8.78 Å². The fourth-order valence-corrected chi connectivity index (χ4v) is 3.05. The number of methoxy groups -OCH3 is 1. The summed E-state index contributed by atoms with van der Waals surface area (Å²) >= 11 is 0. The molecule has 0 unspecified atom stereocenters. The standard InChI is InChI=1S/C14H15F2NO4S/c1-20-14(13-3-2-4-21-13)8-17-22(18,19)9-10-5-11(15)7-12(16)6-10/h2-7,14,17H,8-9H2,1H3/t14-/m0/s1. The predicted molar refractivity (Wildman–Crippen MR) is 75.4 cm³/mol. The van der Waals surface area contributed by atoms with E-state index in [1.165, 1.54) is 13.4 Å². The minimum absolute atomic E-state index is 0.0250. The van der Waals surface area contributed by atoms with Gasteiger partial charge in [-0.25, -0.2) is 21.9 Å². The van der Waals surface area contributed by atoms with E-state index >= 15 is 0 Å². The zero-order chi connectivity index (χ0) is 16.2. The molecule has 2 aromatic rings. The van der Waals surface area contributed by atoms with Crippen LogP contribution in [0.1, 0.15) is 17.4 Å². The van der Waals surface area contributed by atoms with Gasteiger partial charge in [0.15, 0.2) is 0 Å². The molecule has 0 aliphatic rings.